The lowest BCUT2D eigenvalue weighted by atomic mass is 10.1. The summed E-state index contributed by atoms with van der Waals surface area (Å²) >= 11 is 0. The molecule has 1 aliphatic rings. The average molecular weight is 525 g/mol. The number of methoxy groups -OCH3 is 1. The van der Waals surface area contributed by atoms with E-state index in [1.165, 1.54) is 11.1 Å². The van der Waals surface area contributed by atoms with E-state index in [0.717, 1.165) is 62.4 Å². The number of aliphatic imine (C=N–C) groups is 1. The Hall–Kier alpha value is -2.07. The van der Waals surface area contributed by atoms with Crippen LogP contribution in [0.1, 0.15) is 16.7 Å². The Balaban J connectivity index is 0.00000320. The molecule has 0 spiro atoms. The van der Waals surface area contributed by atoms with Crippen molar-refractivity contribution in [1.82, 2.24) is 15.6 Å². The fourth-order valence-electron chi connectivity index (χ4n) is 3.45. The van der Waals surface area contributed by atoms with Gasteiger partial charge in [-0.25, -0.2) is 4.98 Å². The van der Waals surface area contributed by atoms with Gasteiger partial charge in [-0.1, -0.05) is 23.8 Å². The maximum Gasteiger partial charge on any atom is 0.191 e. The van der Waals surface area contributed by atoms with Gasteiger partial charge in [-0.05, 0) is 31.0 Å². The van der Waals surface area contributed by atoms with Gasteiger partial charge in [0.2, 0.25) is 0 Å². The number of guanidine groups is 1. The summed E-state index contributed by atoms with van der Waals surface area (Å²) in [6.07, 6.45) is 2.70. The first-order chi connectivity index (χ1) is 14.2. The minimum atomic E-state index is 0. The SMILES string of the molecule is CN=C(NCCc1cc(C)ccc1OC)NCc1cccnc1N1CCOCC1.I. The van der Waals surface area contributed by atoms with Crippen LogP contribution in [0, 0.1) is 6.92 Å². The second-order valence-corrected chi connectivity index (χ2v) is 7.00. The predicted octanol–water partition coefficient (Wildman–Crippen LogP) is 2.76. The maximum absolute atomic E-state index is 5.47. The summed E-state index contributed by atoms with van der Waals surface area (Å²) in [5.41, 5.74) is 3.57. The molecule has 1 aromatic heterocycles. The van der Waals surface area contributed by atoms with Crippen molar-refractivity contribution in [2.75, 3.05) is 51.9 Å². The Kier molecular flexibility index (Phi) is 10.2. The largest absolute Gasteiger partial charge is 0.496 e. The number of hydrogen-bond acceptors (Lipinski definition) is 5. The van der Waals surface area contributed by atoms with Gasteiger partial charge in [-0.15, -0.1) is 24.0 Å². The molecule has 0 unspecified atom stereocenters. The van der Waals surface area contributed by atoms with Crippen LogP contribution in [0.4, 0.5) is 5.82 Å². The summed E-state index contributed by atoms with van der Waals surface area (Å²) in [7, 11) is 3.50. The Labute approximate surface area is 196 Å². The van der Waals surface area contributed by atoms with E-state index in [-0.39, 0.29) is 24.0 Å². The van der Waals surface area contributed by atoms with Gasteiger partial charge < -0.3 is 25.0 Å². The molecule has 0 bridgehead atoms. The zero-order valence-corrected chi connectivity index (χ0v) is 20.3. The maximum atomic E-state index is 5.47. The van der Waals surface area contributed by atoms with Crippen molar-refractivity contribution in [1.29, 1.82) is 0 Å². The van der Waals surface area contributed by atoms with E-state index in [1.807, 2.05) is 18.3 Å². The van der Waals surface area contributed by atoms with Crippen LogP contribution in [-0.4, -0.2) is 57.9 Å². The van der Waals surface area contributed by atoms with E-state index in [0.29, 0.717) is 6.54 Å². The van der Waals surface area contributed by atoms with Crippen LogP contribution in [0.2, 0.25) is 0 Å². The molecule has 3 rings (SSSR count). The number of hydrogen-bond donors (Lipinski definition) is 2. The zero-order valence-electron chi connectivity index (χ0n) is 18.0. The summed E-state index contributed by atoms with van der Waals surface area (Å²) in [4.78, 5) is 11.2. The van der Waals surface area contributed by atoms with Crippen molar-refractivity contribution in [2.24, 2.45) is 4.99 Å². The highest BCUT2D eigenvalue weighted by molar-refractivity contribution is 14.0. The van der Waals surface area contributed by atoms with Gasteiger partial charge >= 0.3 is 0 Å². The number of rotatable bonds is 7. The number of benzene rings is 1. The van der Waals surface area contributed by atoms with E-state index in [1.54, 1.807) is 14.2 Å². The van der Waals surface area contributed by atoms with Gasteiger partial charge in [-0.2, -0.15) is 0 Å². The van der Waals surface area contributed by atoms with Gasteiger partial charge in [0.15, 0.2) is 5.96 Å². The average Bonchev–Trinajstić information content (AvgIpc) is 2.77. The molecule has 1 fully saturated rings. The summed E-state index contributed by atoms with van der Waals surface area (Å²) < 4.78 is 10.9. The van der Waals surface area contributed by atoms with Crippen LogP contribution in [0.3, 0.4) is 0 Å². The molecule has 1 aromatic carbocycles. The molecule has 1 saturated heterocycles. The van der Waals surface area contributed by atoms with E-state index in [4.69, 9.17) is 9.47 Å². The molecule has 164 valence electrons. The van der Waals surface area contributed by atoms with Crippen LogP contribution in [0.25, 0.3) is 0 Å². The Morgan fingerprint density at radius 1 is 1.20 bits per heavy atom. The molecule has 0 radical (unpaired) electrons. The third-order valence-electron chi connectivity index (χ3n) is 4.97. The molecule has 2 heterocycles. The van der Waals surface area contributed by atoms with E-state index in [2.05, 4.69) is 50.6 Å². The second kappa shape index (κ2) is 12.6. The topological polar surface area (TPSA) is 71.0 Å². The summed E-state index contributed by atoms with van der Waals surface area (Å²) in [6.45, 7) is 6.75. The Morgan fingerprint density at radius 3 is 2.73 bits per heavy atom. The third kappa shape index (κ3) is 6.73. The van der Waals surface area contributed by atoms with E-state index in [9.17, 15) is 0 Å². The minimum Gasteiger partial charge on any atom is -0.496 e. The highest BCUT2D eigenvalue weighted by Crippen LogP contribution is 2.20. The highest BCUT2D eigenvalue weighted by Gasteiger charge is 2.15. The smallest absolute Gasteiger partial charge is 0.191 e. The molecular formula is C22H32IN5O2. The highest BCUT2D eigenvalue weighted by atomic mass is 127. The lowest BCUT2D eigenvalue weighted by Crippen LogP contribution is -2.40. The lowest BCUT2D eigenvalue weighted by Gasteiger charge is -2.29. The molecule has 30 heavy (non-hydrogen) atoms. The Bertz CT molecular complexity index is 825. The van der Waals surface area contributed by atoms with Crippen molar-refractivity contribution in [3.8, 4) is 5.75 Å². The number of nitrogens with one attached hydrogen (secondary N) is 2. The van der Waals surface area contributed by atoms with Gasteiger partial charge in [0.05, 0.1) is 20.3 Å². The van der Waals surface area contributed by atoms with E-state index < -0.39 is 0 Å². The number of aryl methyl sites for hydroxylation is 1. The Morgan fingerprint density at radius 2 is 2.00 bits per heavy atom. The molecule has 0 aliphatic carbocycles. The molecule has 2 aromatic rings. The number of pyridine rings is 1. The zero-order chi connectivity index (χ0) is 20.5. The van der Waals surface area contributed by atoms with Crippen molar-refractivity contribution < 1.29 is 9.47 Å². The molecule has 0 atom stereocenters. The summed E-state index contributed by atoms with van der Waals surface area (Å²) in [6, 6.07) is 10.3. The molecule has 8 heteroatoms. The predicted molar refractivity (Wildman–Crippen MR) is 132 cm³/mol. The first-order valence-corrected chi connectivity index (χ1v) is 10.1. The van der Waals surface area contributed by atoms with Crippen LogP contribution in [0.5, 0.6) is 5.75 Å². The number of anilines is 1. The van der Waals surface area contributed by atoms with Gasteiger partial charge in [0.25, 0.3) is 0 Å². The number of ether oxygens (including phenoxy) is 2. The van der Waals surface area contributed by atoms with E-state index >= 15 is 0 Å². The van der Waals surface area contributed by atoms with Crippen LogP contribution >= 0.6 is 24.0 Å². The number of aromatic nitrogens is 1. The molecule has 0 amide bonds. The van der Waals surface area contributed by atoms with Crippen LogP contribution in [0.15, 0.2) is 41.5 Å². The molecule has 0 saturated carbocycles. The van der Waals surface area contributed by atoms with Crippen LogP contribution < -0.4 is 20.3 Å². The fourth-order valence-corrected chi connectivity index (χ4v) is 3.45. The van der Waals surface area contributed by atoms with Crippen molar-refractivity contribution in [2.45, 2.75) is 19.9 Å². The first-order valence-electron chi connectivity index (χ1n) is 10.1. The van der Waals surface area contributed by atoms with Gasteiger partial charge in [-0.3, -0.25) is 4.99 Å². The fraction of sp³-hybridized carbons (Fsp3) is 0.455. The molecule has 1 aliphatic heterocycles. The quantitative estimate of drug-likeness (QED) is 0.329. The van der Waals surface area contributed by atoms with Crippen molar-refractivity contribution >= 4 is 35.8 Å². The second-order valence-electron chi connectivity index (χ2n) is 7.00. The molecular weight excluding hydrogens is 493 g/mol. The molecule has 7 nitrogen and oxygen atoms in total. The lowest BCUT2D eigenvalue weighted by molar-refractivity contribution is 0.122. The van der Waals surface area contributed by atoms with Gasteiger partial charge in [0, 0.05) is 45.0 Å². The monoisotopic (exact) mass is 525 g/mol. The number of morpholine rings is 1. The summed E-state index contributed by atoms with van der Waals surface area (Å²) in [5.74, 6) is 2.71. The van der Waals surface area contributed by atoms with Crippen LogP contribution in [-0.2, 0) is 17.7 Å². The first kappa shape index (κ1) is 24.2. The minimum absolute atomic E-state index is 0. The molecule has 2 N–H and O–H groups in total. The summed E-state index contributed by atoms with van der Waals surface area (Å²) in [5, 5.41) is 6.79. The van der Waals surface area contributed by atoms with Crippen molar-refractivity contribution in [3.05, 3.63) is 53.2 Å². The standard InChI is InChI=1S/C22H31N5O2.HI/c1-17-6-7-20(28-3)18(15-17)8-10-25-22(23-2)26-16-19-5-4-9-24-21(19)27-11-13-29-14-12-27;/h4-7,9,15H,8,10-14,16H2,1-3H3,(H2,23,25,26);1H. The third-order valence-corrected chi connectivity index (χ3v) is 4.97. The van der Waals surface area contributed by atoms with Crippen molar-refractivity contribution in [3.63, 3.8) is 0 Å². The van der Waals surface area contributed by atoms with Gasteiger partial charge in [0.1, 0.15) is 11.6 Å². The normalized spacial score (nSPS) is 14.1. The number of nitrogens with zero attached hydrogens (tertiary/aromatic N) is 3. The number of halogens is 1.